The maximum absolute atomic E-state index is 12.6. The fourth-order valence-electron chi connectivity index (χ4n) is 3.48. The van der Waals surface area contributed by atoms with Crippen molar-refractivity contribution >= 4 is 29.0 Å². The van der Waals surface area contributed by atoms with Crippen molar-refractivity contribution in [2.75, 3.05) is 23.4 Å². The van der Waals surface area contributed by atoms with Gasteiger partial charge < -0.3 is 15.0 Å². The van der Waals surface area contributed by atoms with E-state index in [1.165, 1.54) is 0 Å². The van der Waals surface area contributed by atoms with E-state index in [2.05, 4.69) is 5.32 Å². The molecule has 0 atom stereocenters. The second-order valence-electron chi connectivity index (χ2n) is 7.26. The minimum Gasteiger partial charge on any atom is -0.484 e. The zero-order valence-corrected chi connectivity index (χ0v) is 16.9. The summed E-state index contributed by atoms with van der Waals surface area (Å²) in [4.78, 5) is 38.4. The van der Waals surface area contributed by atoms with Gasteiger partial charge in [0.1, 0.15) is 5.75 Å². The average Bonchev–Trinajstić information content (AvgIpc) is 3.24. The molecule has 6 heteroatoms. The molecule has 1 fully saturated rings. The van der Waals surface area contributed by atoms with Gasteiger partial charge in [0, 0.05) is 35.5 Å². The lowest BCUT2D eigenvalue weighted by atomic mass is 10.0. The normalized spacial score (nSPS) is 13.2. The van der Waals surface area contributed by atoms with Crippen molar-refractivity contribution in [2.45, 2.75) is 12.8 Å². The monoisotopic (exact) mass is 414 g/mol. The Kier molecular flexibility index (Phi) is 6.08. The number of ether oxygens (including phenoxy) is 1. The van der Waals surface area contributed by atoms with E-state index in [4.69, 9.17) is 4.74 Å². The second kappa shape index (κ2) is 9.26. The Morgan fingerprint density at radius 3 is 2.35 bits per heavy atom. The molecule has 1 aliphatic heterocycles. The predicted molar refractivity (Wildman–Crippen MR) is 118 cm³/mol. The van der Waals surface area contributed by atoms with Crippen LogP contribution in [0.2, 0.25) is 0 Å². The van der Waals surface area contributed by atoms with Crippen molar-refractivity contribution < 1.29 is 19.1 Å². The molecule has 0 saturated carbocycles. The van der Waals surface area contributed by atoms with E-state index in [-0.39, 0.29) is 24.2 Å². The number of nitrogens with one attached hydrogen (secondary N) is 1. The lowest BCUT2D eigenvalue weighted by molar-refractivity contribution is -0.118. The van der Waals surface area contributed by atoms with E-state index >= 15 is 0 Å². The third-order valence-electron chi connectivity index (χ3n) is 5.04. The number of ketones is 1. The van der Waals surface area contributed by atoms with E-state index in [9.17, 15) is 14.4 Å². The van der Waals surface area contributed by atoms with Gasteiger partial charge in [-0.05, 0) is 42.8 Å². The molecule has 2 amide bonds. The number of carbonyl (C=O) groups is 3. The number of nitrogens with zero attached hydrogens (tertiary/aromatic N) is 1. The lowest BCUT2D eigenvalue weighted by Crippen LogP contribution is -2.23. The maximum atomic E-state index is 12.6. The van der Waals surface area contributed by atoms with E-state index < -0.39 is 0 Å². The number of carbonyl (C=O) groups excluding carboxylic acids is 3. The van der Waals surface area contributed by atoms with E-state index in [0.29, 0.717) is 29.0 Å². The van der Waals surface area contributed by atoms with Gasteiger partial charge in [0.15, 0.2) is 12.4 Å². The van der Waals surface area contributed by atoms with Crippen molar-refractivity contribution in [1.29, 1.82) is 0 Å². The zero-order valence-electron chi connectivity index (χ0n) is 16.9. The van der Waals surface area contributed by atoms with E-state index in [1.807, 2.05) is 30.3 Å². The molecular formula is C25H22N2O4. The van der Waals surface area contributed by atoms with Gasteiger partial charge in [-0.3, -0.25) is 14.4 Å². The summed E-state index contributed by atoms with van der Waals surface area (Å²) in [6.45, 7) is 0.562. The van der Waals surface area contributed by atoms with Gasteiger partial charge in [0.05, 0.1) is 0 Å². The molecule has 1 aliphatic rings. The molecule has 4 rings (SSSR count). The molecule has 0 unspecified atom stereocenters. The first-order valence-corrected chi connectivity index (χ1v) is 10.1. The molecule has 6 nitrogen and oxygen atoms in total. The summed E-state index contributed by atoms with van der Waals surface area (Å²) < 4.78 is 5.55. The summed E-state index contributed by atoms with van der Waals surface area (Å²) in [5, 5.41) is 2.75. The highest BCUT2D eigenvalue weighted by molar-refractivity contribution is 6.09. The van der Waals surface area contributed by atoms with Crippen LogP contribution in [0, 0.1) is 0 Å². The molecule has 0 radical (unpaired) electrons. The molecule has 0 aliphatic carbocycles. The van der Waals surface area contributed by atoms with Crippen LogP contribution in [0.25, 0.3) is 0 Å². The molecule has 1 N–H and O–H groups in total. The van der Waals surface area contributed by atoms with Crippen LogP contribution in [0.5, 0.6) is 5.75 Å². The van der Waals surface area contributed by atoms with Gasteiger partial charge in [-0.15, -0.1) is 0 Å². The Morgan fingerprint density at radius 1 is 0.903 bits per heavy atom. The van der Waals surface area contributed by atoms with Crippen LogP contribution in [0.4, 0.5) is 11.4 Å². The van der Waals surface area contributed by atoms with Crippen molar-refractivity contribution in [3.63, 3.8) is 0 Å². The van der Waals surface area contributed by atoms with Crippen LogP contribution in [0.3, 0.4) is 0 Å². The molecule has 0 spiro atoms. The molecule has 31 heavy (non-hydrogen) atoms. The fraction of sp³-hybridized carbons (Fsp3) is 0.160. The molecule has 156 valence electrons. The minimum absolute atomic E-state index is 0.107. The first-order chi connectivity index (χ1) is 15.1. The Morgan fingerprint density at radius 2 is 1.65 bits per heavy atom. The van der Waals surface area contributed by atoms with Crippen molar-refractivity contribution in [3.05, 3.63) is 90.0 Å². The summed E-state index contributed by atoms with van der Waals surface area (Å²) in [6.07, 6.45) is 1.45. The minimum atomic E-state index is -0.330. The van der Waals surface area contributed by atoms with Crippen LogP contribution in [-0.2, 0) is 9.59 Å². The Labute approximate surface area is 180 Å². The lowest BCUT2D eigenvalue weighted by Gasteiger charge is -2.16. The molecule has 3 aromatic rings. The number of hydrogen-bond donors (Lipinski definition) is 1. The quantitative estimate of drug-likeness (QED) is 0.592. The van der Waals surface area contributed by atoms with Gasteiger partial charge in [-0.25, -0.2) is 0 Å². The average molecular weight is 414 g/mol. The smallest absolute Gasteiger partial charge is 0.262 e. The van der Waals surface area contributed by atoms with Crippen LogP contribution >= 0.6 is 0 Å². The van der Waals surface area contributed by atoms with Gasteiger partial charge in [0.2, 0.25) is 5.91 Å². The highest BCUT2D eigenvalue weighted by atomic mass is 16.5. The van der Waals surface area contributed by atoms with Crippen molar-refractivity contribution in [1.82, 2.24) is 0 Å². The molecule has 0 bridgehead atoms. The first kappa shape index (κ1) is 20.3. The molecular weight excluding hydrogens is 392 g/mol. The largest absolute Gasteiger partial charge is 0.484 e. The fourth-order valence-corrected chi connectivity index (χ4v) is 3.48. The zero-order chi connectivity index (χ0) is 21.6. The summed E-state index contributed by atoms with van der Waals surface area (Å²) in [6, 6.07) is 22.9. The third kappa shape index (κ3) is 4.98. The second-order valence-corrected chi connectivity index (χ2v) is 7.26. The predicted octanol–water partition coefficient (Wildman–Crippen LogP) is 4.06. The van der Waals surface area contributed by atoms with Crippen LogP contribution < -0.4 is 15.0 Å². The molecule has 1 heterocycles. The van der Waals surface area contributed by atoms with Gasteiger partial charge in [0.25, 0.3) is 5.91 Å². The van der Waals surface area contributed by atoms with Crippen LogP contribution in [-0.4, -0.2) is 30.7 Å². The summed E-state index contributed by atoms with van der Waals surface area (Å²) in [7, 11) is 0. The van der Waals surface area contributed by atoms with Gasteiger partial charge in [-0.2, -0.15) is 0 Å². The number of rotatable bonds is 7. The Hall–Kier alpha value is -3.93. The summed E-state index contributed by atoms with van der Waals surface area (Å²) in [5.41, 5.74) is 2.45. The van der Waals surface area contributed by atoms with Crippen LogP contribution in [0.15, 0.2) is 78.9 Å². The Balaban J connectivity index is 1.33. The number of hydrogen-bond acceptors (Lipinski definition) is 4. The highest BCUT2D eigenvalue weighted by Crippen LogP contribution is 2.24. The highest BCUT2D eigenvalue weighted by Gasteiger charge is 2.21. The molecule has 0 aromatic heterocycles. The van der Waals surface area contributed by atoms with Gasteiger partial charge >= 0.3 is 0 Å². The maximum Gasteiger partial charge on any atom is 0.262 e. The van der Waals surface area contributed by atoms with Crippen molar-refractivity contribution in [3.8, 4) is 5.75 Å². The third-order valence-corrected chi connectivity index (χ3v) is 5.04. The molecule has 1 saturated heterocycles. The number of amides is 2. The molecule has 3 aromatic carbocycles. The van der Waals surface area contributed by atoms with Crippen LogP contribution in [0.1, 0.15) is 28.8 Å². The Bertz CT molecular complexity index is 1090. The first-order valence-electron chi connectivity index (χ1n) is 10.1. The van der Waals surface area contributed by atoms with E-state index in [0.717, 1.165) is 18.7 Å². The van der Waals surface area contributed by atoms with Gasteiger partial charge in [-0.1, -0.05) is 42.5 Å². The summed E-state index contributed by atoms with van der Waals surface area (Å²) >= 11 is 0. The topological polar surface area (TPSA) is 75.7 Å². The van der Waals surface area contributed by atoms with E-state index in [1.54, 1.807) is 53.4 Å². The summed E-state index contributed by atoms with van der Waals surface area (Å²) in [5.74, 6) is 0.229. The van der Waals surface area contributed by atoms with Crippen molar-refractivity contribution in [2.24, 2.45) is 0 Å². The number of benzene rings is 3. The number of anilines is 2. The SMILES string of the molecule is O=C(COc1ccc(N2CCCC2=O)cc1)Nc1cccc(C(=O)c2ccccc2)c1. The standard InChI is InChI=1S/C25H22N2O4/c28-23(17-31-22-13-11-21(12-14-22)27-15-5-10-24(27)29)26-20-9-4-8-19(16-20)25(30)18-6-2-1-3-7-18/h1-4,6-9,11-14,16H,5,10,15,17H2,(H,26,28).